The second kappa shape index (κ2) is 4.96. The highest BCUT2D eigenvalue weighted by Gasteiger charge is 2.39. The van der Waals surface area contributed by atoms with E-state index in [1.807, 2.05) is 0 Å². The lowest BCUT2D eigenvalue weighted by Crippen LogP contribution is -2.58. The van der Waals surface area contributed by atoms with Crippen LogP contribution in [0.25, 0.3) is 0 Å². The van der Waals surface area contributed by atoms with E-state index in [4.69, 9.17) is 11.6 Å². The van der Waals surface area contributed by atoms with Gasteiger partial charge in [0.25, 0.3) is 0 Å². The van der Waals surface area contributed by atoms with Gasteiger partial charge in [-0.15, -0.1) is 11.6 Å². The molecule has 0 bridgehead atoms. The number of halogens is 1. The molecule has 2 nitrogen and oxygen atoms in total. The first-order valence-corrected chi connectivity index (χ1v) is 7.76. The summed E-state index contributed by atoms with van der Waals surface area (Å²) in [5.74, 6) is 0.855. The van der Waals surface area contributed by atoms with Crippen LogP contribution in [0.1, 0.15) is 47.5 Å². The van der Waals surface area contributed by atoms with E-state index < -0.39 is 0 Å². The minimum Gasteiger partial charge on any atom is -0.298 e. The van der Waals surface area contributed by atoms with Crippen molar-refractivity contribution < 1.29 is 0 Å². The molecule has 0 aromatic carbocycles. The Morgan fingerprint density at radius 3 is 2.06 bits per heavy atom. The summed E-state index contributed by atoms with van der Waals surface area (Å²) in [6.07, 6.45) is 2.67. The van der Waals surface area contributed by atoms with Crippen LogP contribution >= 0.6 is 11.6 Å². The highest BCUT2D eigenvalue weighted by atomic mass is 35.5. The quantitative estimate of drug-likeness (QED) is 0.728. The zero-order valence-corrected chi connectivity index (χ0v) is 13.4. The molecular formula is C15H29ClN2. The Bertz CT molecular complexity index is 289. The summed E-state index contributed by atoms with van der Waals surface area (Å²) in [4.78, 5) is 5.18. The number of hydrogen-bond donors (Lipinski definition) is 0. The number of alkyl halides is 1. The summed E-state index contributed by atoms with van der Waals surface area (Å²) in [6.45, 7) is 16.4. The molecule has 0 saturated carbocycles. The van der Waals surface area contributed by atoms with Crippen molar-refractivity contribution in [2.45, 2.75) is 63.9 Å². The van der Waals surface area contributed by atoms with Crippen molar-refractivity contribution in [2.75, 3.05) is 26.2 Å². The predicted molar refractivity (Wildman–Crippen MR) is 79.3 cm³/mol. The first-order chi connectivity index (χ1) is 8.18. The van der Waals surface area contributed by atoms with Crippen LogP contribution in [0.2, 0.25) is 0 Å². The summed E-state index contributed by atoms with van der Waals surface area (Å²) in [6, 6.07) is 0. The van der Waals surface area contributed by atoms with Crippen LogP contribution in [0.4, 0.5) is 0 Å². The van der Waals surface area contributed by atoms with Crippen LogP contribution in [0.5, 0.6) is 0 Å². The van der Waals surface area contributed by atoms with Crippen LogP contribution in [0, 0.1) is 5.92 Å². The minimum atomic E-state index is 0.323. The van der Waals surface area contributed by atoms with Gasteiger partial charge in [-0.05, 0) is 59.9 Å². The van der Waals surface area contributed by atoms with Gasteiger partial charge in [0, 0.05) is 30.7 Å². The highest BCUT2D eigenvalue weighted by Crippen LogP contribution is 2.34. The van der Waals surface area contributed by atoms with Gasteiger partial charge < -0.3 is 0 Å². The van der Waals surface area contributed by atoms with Gasteiger partial charge in [-0.2, -0.15) is 0 Å². The summed E-state index contributed by atoms with van der Waals surface area (Å²) >= 11 is 6.10. The van der Waals surface area contributed by atoms with Crippen LogP contribution in [-0.2, 0) is 0 Å². The molecule has 0 spiro atoms. The molecular weight excluding hydrogens is 244 g/mol. The van der Waals surface area contributed by atoms with E-state index in [0.29, 0.717) is 16.5 Å². The molecule has 1 atom stereocenters. The van der Waals surface area contributed by atoms with Gasteiger partial charge in [-0.1, -0.05) is 0 Å². The Morgan fingerprint density at radius 2 is 1.61 bits per heavy atom. The number of rotatable bonds is 3. The lowest BCUT2D eigenvalue weighted by atomic mass is 9.86. The molecule has 2 aliphatic heterocycles. The van der Waals surface area contributed by atoms with Crippen molar-refractivity contribution >= 4 is 11.6 Å². The Morgan fingerprint density at radius 1 is 1.00 bits per heavy atom. The third-order valence-electron chi connectivity index (χ3n) is 4.72. The largest absolute Gasteiger partial charge is 0.298 e. The average molecular weight is 273 g/mol. The van der Waals surface area contributed by atoms with Crippen LogP contribution < -0.4 is 0 Å². The average Bonchev–Trinajstić information content (AvgIpc) is 2.59. The third kappa shape index (κ3) is 3.20. The van der Waals surface area contributed by atoms with E-state index in [1.165, 1.54) is 25.9 Å². The SMILES string of the molecule is CC(C)(C)N1CCC(CC(C)(C)N2CC(Cl)C2)C1. The van der Waals surface area contributed by atoms with Gasteiger partial charge in [0.1, 0.15) is 0 Å². The Balaban J connectivity index is 1.84. The monoisotopic (exact) mass is 272 g/mol. The van der Waals surface area contributed by atoms with E-state index >= 15 is 0 Å². The Hall–Kier alpha value is 0.210. The molecule has 3 heteroatoms. The van der Waals surface area contributed by atoms with E-state index in [-0.39, 0.29) is 0 Å². The van der Waals surface area contributed by atoms with Crippen molar-refractivity contribution in [1.82, 2.24) is 9.80 Å². The van der Waals surface area contributed by atoms with Gasteiger partial charge in [-0.3, -0.25) is 9.80 Å². The zero-order valence-electron chi connectivity index (χ0n) is 12.7. The maximum Gasteiger partial charge on any atom is 0.0590 e. The van der Waals surface area contributed by atoms with E-state index in [1.54, 1.807) is 0 Å². The molecule has 0 aromatic rings. The Labute approximate surface area is 118 Å². The molecule has 2 rings (SSSR count). The summed E-state index contributed by atoms with van der Waals surface area (Å²) in [7, 11) is 0. The van der Waals surface area contributed by atoms with E-state index in [0.717, 1.165) is 19.0 Å². The van der Waals surface area contributed by atoms with Gasteiger partial charge in [0.05, 0.1) is 5.38 Å². The first kappa shape index (κ1) is 14.6. The molecule has 0 N–H and O–H groups in total. The maximum atomic E-state index is 6.10. The molecule has 0 aliphatic carbocycles. The fourth-order valence-electron chi connectivity index (χ4n) is 3.36. The molecule has 106 valence electrons. The fourth-order valence-corrected chi connectivity index (χ4v) is 3.70. The summed E-state index contributed by atoms with van der Waals surface area (Å²) in [5.41, 5.74) is 0.654. The van der Waals surface area contributed by atoms with Crippen molar-refractivity contribution in [3.05, 3.63) is 0 Å². The fraction of sp³-hybridized carbons (Fsp3) is 1.00. The lowest BCUT2D eigenvalue weighted by Gasteiger charge is -2.48. The molecule has 0 amide bonds. The standard InChI is InChI=1S/C15H29ClN2/c1-14(2,3)17-7-6-12(9-17)8-15(4,5)18-10-13(16)11-18/h12-13H,6-11H2,1-5H3. The third-order valence-corrected chi connectivity index (χ3v) is 4.99. The van der Waals surface area contributed by atoms with Crippen molar-refractivity contribution in [1.29, 1.82) is 0 Å². The van der Waals surface area contributed by atoms with Gasteiger partial charge in [-0.25, -0.2) is 0 Å². The van der Waals surface area contributed by atoms with Crippen molar-refractivity contribution in [3.8, 4) is 0 Å². The second-order valence-electron chi connectivity index (χ2n) is 7.79. The van der Waals surface area contributed by atoms with Crippen LogP contribution in [-0.4, -0.2) is 52.4 Å². The topological polar surface area (TPSA) is 6.48 Å². The Kier molecular flexibility index (Phi) is 4.02. The molecule has 0 aromatic heterocycles. The minimum absolute atomic E-state index is 0.323. The lowest BCUT2D eigenvalue weighted by molar-refractivity contribution is 0.0395. The molecule has 2 saturated heterocycles. The van der Waals surface area contributed by atoms with Crippen LogP contribution in [0.3, 0.4) is 0 Å². The molecule has 18 heavy (non-hydrogen) atoms. The number of likely N-dealkylation sites (tertiary alicyclic amines) is 2. The summed E-state index contributed by atoms with van der Waals surface area (Å²) < 4.78 is 0. The van der Waals surface area contributed by atoms with Gasteiger partial charge in [0.2, 0.25) is 0 Å². The second-order valence-corrected chi connectivity index (χ2v) is 8.41. The summed E-state index contributed by atoms with van der Waals surface area (Å²) in [5, 5.41) is 0.388. The smallest absolute Gasteiger partial charge is 0.0590 e. The molecule has 0 radical (unpaired) electrons. The van der Waals surface area contributed by atoms with E-state index in [2.05, 4.69) is 44.4 Å². The van der Waals surface area contributed by atoms with Gasteiger partial charge in [0.15, 0.2) is 0 Å². The van der Waals surface area contributed by atoms with Gasteiger partial charge >= 0.3 is 0 Å². The molecule has 2 aliphatic rings. The van der Waals surface area contributed by atoms with Crippen molar-refractivity contribution in [3.63, 3.8) is 0 Å². The van der Waals surface area contributed by atoms with Crippen molar-refractivity contribution in [2.24, 2.45) is 5.92 Å². The molecule has 2 heterocycles. The highest BCUT2D eigenvalue weighted by molar-refractivity contribution is 6.21. The zero-order chi connectivity index (χ0) is 13.6. The maximum absolute atomic E-state index is 6.10. The molecule has 2 fully saturated rings. The normalized spacial score (nSPS) is 28.7. The molecule has 1 unspecified atom stereocenters. The number of nitrogens with zero attached hydrogens (tertiary/aromatic N) is 2. The first-order valence-electron chi connectivity index (χ1n) is 7.33. The predicted octanol–water partition coefficient (Wildman–Crippen LogP) is 3.20. The van der Waals surface area contributed by atoms with Crippen LogP contribution in [0.15, 0.2) is 0 Å². The van der Waals surface area contributed by atoms with E-state index in [9.17, 15) is 0 Å². The number of hydrogen-bond acceptors (Lipinski definition) is 2.